The minimum atomic E-state index is 0.531. The van der Waals surface area contributed by atoms with Gasteiger partial charge in [-0.3, -0.25) is 4.98 Å². The van der Waals surface area contributed by atoms with Gasteiger partial charge < -0.3 is 10.5 Å². The van der Waals surface area contributed by atoms with Crippen LogP contribution in [-0.2, 0) is 0 Å². The van der Waals surface area contributed by atoms with Crippen molar-refractivity contribution in [2.75, 3.05) is 12.8 Å². The van der Waals surface area contributed by atoms with E-state index in [-0.39, 0.29) is 0 Å². The Morgan fingerprint density at radius 2 is 1.88 bits per heavy atom. The molecule has 0 spiro atoms. The van der Waals surface area contributed by atoms with Gasteiger partial charge in [-0.25, -0.2) is 4.98 Å². The van der Waals surface area contributed by atoms with E-state index in [9.17, 15) is 0 Å². The van der Waals surface area contributed by atoms with Gasteiger partial charge in [-0.1, -0.05) is 18.2 Å². The topological polar surface area (TPSA) is 78.3 Å². The summed E-state index contributed by atoms with van der Waals surface area (Å²) in [4.78, 5) is 8.71. The van der Waals surface area contributed by atoms with Crippen LogP contribution in [0, 0.1) is 0 Å². The minimum absolute atomic E-state index is 0.531. The molecular formula is C18H15N5O. The summed E-state index contributed by atoms with van der Waals surface area (Å²) in [5.41, 5.74) is 10.6. The van der Waals surface area contributed by atoms with Crippen molar-refractivity contribution in [3.63, 3.8) is 0 Å². The fraction of sp³-hybridized carbons (Fsp3) is 0.0556. The molecule has 0 aliphatic rings. The molecule has 4 aromatic rings. The second-order valence-electron chi connectivity index (χ2n) is 5.32. The number of rotatable bonds is 3. The number of fused-ring (bicyclic) bond motifs is 1. The number of nitrogen functional groups attached to an aromatic ring is 1. The van der Waals surface area contributed by atoms with E-state index >= 15 is 0 Å². The third kappa shape index (κ3) is 2.25. The summed E-state index contributed by atoms with van der Waals surface area (Å²) >= 11 is 0. The van der Waals surface area contributed by atoms with E-state index < -0.39 is 0 Å². The first kappa shape index (κ1) is 14.2. The van der Waals surface area contributed by atoms with Crippen LogP contribution in [0.1, 0.15) is 0 Å². The average molecular weight is 317 g/mol. The van der Waals surface area contributed by atoms with Crippen LogP contribution in [-0.4, -0.2) is 26.7 Å². The Bertz CT molecular complexity index is 1010. The zero-order chi connectivity index (χ0) is 16.5. The normalized spacial score (nSPS) is 10.9. The van der Waals surface area contributed by atoms with Gasteiger partial charge in [0.2, 0.25) is 0 Å². The molecule has 6 nitrogen and oxygen atoms in total. The first-order valence-corrected chi connectivity index (χ1v) is 7.45. The molecule has 3 heterocycles. The van der Waals surface area contributed by atoms with Gasteiger partial charge >= 0.3 is 0 Å². The number of benzene rings is 1. The van der Waals surface area contributed by atoms with E-state index in [4.69, 9.17) is 10.5 Å². The molecule has 0 unspecified atom stereocenters. The number of anilines is 1. The van der Waals surface area contributed by atoms with Gasteiger partial charge in [0.25, 0.3) is 0 Å². The predicted octanol–water partition coefficient (Wildman–Crippen LogP) is 3.05. The smallest absolute Gasteiger partial charge is 0.165 e. The highest BCUT2D eigenvalue weighted by atomic mass is 16.5. The number of ether oxygens (including phenoxy) is 1. The van der Waals surface area contributed by atoms with E-state index in [2.05, 4.69) is 15.1 Å². The molecule has 6 heteroatoms. The van der Waals surface area contributed by atoms with Crippen molar-refractivity contribution in [3.05, 3.63) is 61.2 Å². The Morgan fingerprint density at radius 1 is 1.00 bits per heavy atom. The van der Waals surface area contributed by atoms with Crippen molar-refractivity contribution in [3.8, 4) is 28.0 Å². The monoisotopic (exact) mass is 317 g/mol. The van der Waals surface area contributed by atoms with Crippen LogP contribution in [0.2, 0.25) is 0 Å². The summed E-state index contributed by atoms with van der Waals surface area (Å²) < 4.78 is 6.92. The maximum atomic E-state index is 6.34. The van der Waals surface area contributed by atoms with E-state index in [1.807, 2.05) is 36.4 Å². The molecule has 3 aromatic heterocycles. The zero-order valence-electron chi connectivity index (χ0n) is 13.0. The van der Waals surface area contributed by atoms with Crippen molar-refractivity contribution in [2.24, 2.45) is 0 Å². The summed E-state index contributed by atoms with van der Waals surface area (Å²) in [5, 5.41) is 4.39. The molecule has 4 rings (SSSR count). The number of aromatic nitrogens is 4. The molecule has 2 N–H and O–H groups in total. The second-order valence-corrected chi connectivity index (χ2v) is 5.32. The summed E-state index contributed by atoms with van der Waals surface area (Å²) in [6.45, 7) is 0. The SMILES string of the molecule is COc1cccc(-c2cnc3c(-c4cccnc4)cnn3c2N)c1. The fourth-order valence-electron chi connectivity index (χ4n) is 2.69. The molecule has 0 saturated heterocycles. The summed E-state index contributed by atoms with van der Waals surface area (Å²) in [6, 6.07) is 11.5. The number of nitrogens with two attached hydrogens (primary N) is 1. The molecule has 0 aliphatic carbocycles. The van der Waals surface area contributed by atoms with E-state index in [0.29, 0.717) is 11.5 Å². The highest BCUT2D eigenvalue weighted by Crippen LogP contribution is 2.31. The molecule has 0 aliphatic heterocycles. The molecule has 0 amide bonds. The molecule has 0 atom stereocenters. The van der Waals surface area contributed by atoms with E-state index in [1.165, 1.54) is 0 Å². The van der Waals surface area contributed by atoms with Gasteiger partial charge in [-0.05, 0) is 23.8 Å². The lowest BCUT2D eigenvalue weighted by molar-refractivity contribution is 0.415. The number of hydrogen-bond acceptors (Lipinski definition) is 5. The summed E-state index contributed by atoms with van der Waals surface area (Å²) in [7, 11) is 1.64. The van der Waals surface area contributed by atoms with E-state index in [1.54, 1.807) is 36.4 Å². The van der Waals surface area contributed by atoms with E-state index in [0.717, 1.165) is 28.0 Å². The highest BCUT2D eigenvalue weighted by Gasteiger charge is 2.14. The van der Waals surface area contributed by atoms with Gasteiger partial charge in [0.15, 0.2) is 5.65 Å². The third-order valence-electron chi connectivity index (χ3n) is 3.92. The first-order valence-electron chi connectivity index (χ1n) is 7.45. The van der Waals surface area contributed by atoms with Crippen LogP contribution in [0.5, 0.6) is 5.75 Å². The van der Waals surface area contributed by atoms with Crippen LogP contribution in [0.25, 0.3) is 27.9 Å². The Kier molecular flexibility index (Phi) is 3.35. The number of nitrogens with zero attached hydrogens (tertiary/aromatic N) is 4. The molecule has 0 saturated carbocycles. The molecule has 24 heavy (non-hydrogen) atoms. The van der Waals surface area contributed by atoms with Crippen LogP contribution in [0.4, 0.5) is 5.82 Å². The number of pyridine rings is 1. The molecule has 0 fully saturated rings. The van der Waals surface area contributed by atoms with Crippen molar-refractivity contribution in [1.82, 2.24) is 19.6 Å². The van der Waals surface area contributed by atoms with Gasteiger partial charge in [0.1, 0.15) is 11.6 Å². The predicted molar refractivity (Wildman–Crippen MR) is 92.6 cm³/mol. The van der Waals surface area contributed by atoms with Gasteiger partial charge in [-0.2, -0.15) is 9.61 Å². The van der Waals surface area contributed by atoms with Crippen molar-refractivity contribution in [1.29, 1.82) is 0 Å². The van der Waals surface area contributed by atoms with Gasteiger partial charge in [-0.15, -0.1) is 0 Å². The minimum Gasteiger partial charge on any atom is -0.497 e. The quantitative estimate of drug-likeness (QED) is 0.628. The Hall–Kier alpha value is -3.41. The largest absolute Gasteiger partial charge is 0.497 e. The molecule has 1 aromatic carbocycles. The standard InChI is InChI=1S/C18H15N5O/c1-24-14-6-2-4-12(8-14)15-10-21-18-16(11-22-23(18)17(15)19)13-5-3-7-20-9-13/h2-11H,19H2,1H3. The zero-order valence-corrected chi connectivity index (χ0v) is 13.0. The van der Waals surface area contributed by atoms with Gasteiger partial charge in [0.05, 0.1) is 13.3 Å². The second kappa shape index (κ2) is 5.66. The first-order chi connectivity index (χ1) is 11.8. The fourth-order valence-corrected chi connectivity index (χ4v) is 2.69. The lowest BCUT2D eigenvalue weighted by Gasteiger charge is -2.09. The average Bonchev–Trinajstić information content (AvgIpc) is 3.08. The Balaban J connectivity index is 1.88. The van der Waals surface area contributed by atoms with Crippen molar-refractivity contribution < 1.29 is 4.74 Å². The van der Waals surface area contributed by atoms with Crippen LogP contribution in [0.15, 0.2) is 61.2 Å². The lowest BCUT2D eigenvalue weighted by Crippen LogP contribution is -2.02. The van der Waals surface area contributed by atoms with Gasteiger partial charge in [0, 0.05) is 35.3 Å². The maximum absolute atomic E-state index is 6.34. The lowest BCUT2D eigenvalue weighted by atomic mass is 10.1. The summed E-state index contributed by atoms with van der Waals surface area (Å²) in [6.07, 6.45) is 7.04. The Labute approximate surface area is 138 Å². The number of hydrogen-bond donors (Lipinski definition) is 1. The molecule has 118 valence electrons. The van der Waals surface area contributed by atoms with Crippen molar-refractivity contribution in [2.45, 2.75) is 0 Å². The van der Waals surface area contributed by atoms with Crippen LogP contribution < -0.4 is 10.5 Å². The van der Waals surface area contributed by atoms with Crippen LogP contribution in [0.3, 0.4) is 0 Å². The highest BCUT2D eigenvalue weighted by molar-refractivity contribution is 5.81. The maximum Gasteiger partial charge on any atom is 0.165 e. The third-order valence-corrected chi connectivity index (χ3v) is 3.92. The molecule has 0 radical (unpaired) electrons. The Morgan fingerprint density at radius 3 is 2.67 bits per heavy atom. The molecule has 0 bridgehead atoms. The number of methoxy groups -OCH3 is 1. The summed E-state index contributed by atoms with van der Waals surface area (Å²) in [5.74, 6) is 1.30. The van der Waals surface area contributed by atoms with Crippen molar-refractivity contribution >= 4 is 11.5 Å². The molecular weight excluding hydrogens is 302 g/mol. The van der Waals surface area contributed by atoms with Crippen LogP contribution >= 0.6 is 0 Å².